The minimum absolute atomic E-state index is 0.115. The van der Waals surface area contributed by atoms with E-state index in [1.807, 2.05) is 54.6 Å². The number of anilines is 1. The summed E-state index contributed by atoms with van der Waals surface area (Å²) in [6.45, 7) is 2.09. The Balaban J connectivity index is 1.27. The molecule has 0 saturated carbocycles. The monoisotopic (exact) mass is 389 g/mol. The Labute approximate surface area is 172 Å². The van der Waals surface area contributed by atoms with Crippen molar-refractivity contribution in [1.29, 1.82) is 0 Å². The normalized spacial score (nSPS) is 16.2. The van der Waals surface area contributed by atoms with Crippen LogP contribution in [0.25, 0.3) is 0 Å². The summed E-state index contributed by atoms with van der Waals surface area (Å²) in [7, 11) is 0. The smallest absolute Gasteiger partial charge is 0.199 e. The van der Waals surface area contributed by atoms with Crippen molar-refractivity contribution in [2.75, 3.05) is 11.9 Å². The van der Waals surface area contributed by atoms with Crippen molar-refractivity contribution < 1.29 is 14.2 Å². The van der Waals surface area contributed by atoms with E-state index in [9.17, 15) is 0 Å². The first-order valence-corrected chi connectivity index (χ1v) is 10.2. The molecule has 3 aromatic rings. The molecule has 0 aliphatic carbocycles. The van der Waals surface area contributed by atoms with E-state index < -0.39 is 0 Å². The summed E-state index contributed by atoms with van der Waals surface area (Å²) in [5.74, 6) is 1.73. The van der Waals surface area contributed by atoms with Crippen molar-refractivity contribution in [2.45, 2.75) is 38.7 Å². The second-order valence-corrected chi connectivity index (χ2v) is 7.21. The number of benzene rings is 3. The molecule has 1 saturated heterocycles. The summed E-state index contributed by atoms with van der Waals surface area (Å²) in [6.07, 6.45) is 3.13. The maximum absolute atomic E-state index is 5.96. The van der Waals surface area contributed by atoms with Crippen molar-refractivity contribution in [3.05, 3.63) is 90.0 Å². The highest BCUT2D eigenvalue weighted by atomic mass is 16.7. The minimum atomic E-state index is -0.115. The Morgan fingerprint density at radius 3 is 2.45 bits per heavy atom. The first-order valence-electron chi connectivity index (χ1n) is 10.2. The van der Waals surface area contributed by atoms with Gasteiger partial charge in [-0.15, -0.1) is 0 Å². The molecule has 29 heavy (non-hydrogen) atoms. The standard InChI is InChI=1S/C25H27NO3/c1-2-7-20(8-3-1)19-28-23-14-12-22(13-15-23)26-18-21-9-6-10-24(17-21)29-25-11-4-5-16-27-25/h1-3,6-10,12-15,17,25-26H,4-5,11,16,18-19H2. The number of hydrogen-bond donors (Lipinski definition) is 1. The van der Waals surface area contributed by atoms with Crippen molar-refractivity contribution in [3.8, 4) is 11.5 Å². The van der Waals surface area contributed by atoms with Crippen LogP contribution in [0.15, 0.2) is 78.9 Å². The molecule has 1 heterocycles. The van der Waals surface area contributed by atoms with Crippen LogP contribution < -0.4 is 14.8 Å². The van der Waals surface area contributed by atoms with Crippen molar-refractivity contribution in [3.63, 3.8) is 0 Å². The average Bonchev–Trinajstić information content (AvgIpc) is 2.79. The van der Waals surface area contributed by atoms with Gasteiger partial charge in [0.25, 0.3) is 0 Å². The first kappa shape index (κ1) is 19.3. The van der Waals surface area contributed by atoms with E-state index in [0.29, 0.717) is 6.61 Å². The Morgan fingerprint density at radius 1 is 0.828 bits per heavy atom. The molecule has 4 rings (SSSR count). The van der Waals surface area contributed by atoms with Gasteiger partial charge < -0.3 is 19.5 Å². The van der Waals surface area contributed by atoms with Crippen LogP contribution >= 0.6 is 0 Å². The summed E-state index contributed by atoms with van der Waals surface area (Å²) in [5, 5.41) is 3.45. The van der Waals surface area contributed by atoms with E-state index in [0.717, 1.165) is 55.2 Å². The Morgan fingerprint density at radius 2 is 1.66 bits per heavy atom. The lowest BCUT2D eigenvalue weighted by molar-refractivity contribution is -0.105. The van der Waals surface area contributed by atoms with Gasteiger partial charge in [0, 0.05) is 18.7 Å². The first-order chi connectivity index (χ1) is 14.3. The maximum atomic E-state index is 5.96. The van der Waals surface area contributed by atoms with Gasteiger partial charge in [-0.3, -0.25) is 0 Å². The van der Waals surface area contributed by atoms with Gasteiger partial charge in [-0.1, -0.05) is 42.5 Å². The van der Waals surface area contributed by atoms with E-state index in [1.165, 1.54) is 5.56 Å². The van der Waals surface area contributed by atoms with Gasteiger partial charge in [-0.05, 0) is 60.4 Å². The minimum Gasteiger partial charge on any atom is -0.489 e. The van der Waals surface area contributed by atoms with Crippen molar-refractivity contribution in [1.82, 2.24) is 0 Å². The topological polar surface area (TPSA) is 39.7 Å². The van der Waals surface area contributed by atoms with Crippen LogP contribution in [-0.4, -0.2) is 12.9 Å². The maximum Gasteiger partial charge on any atom is 0.199 e. The van der Waals surface area contributed by atoms with E-state index in [4.69, 9.17) is 14.2 Å². The predicted molar refractivity (Wildman–Crippen MR) is 115 cm³/mol. The zero-order valence-corrected chi connectivity index (χ0v) is 16.6. The molecule has 4 nitrogen and oxygen atoms in total. The Kier molecular flexibility index (Phi) is 6.66. The molecule has 1 aliphatic rings. The van der Waals surface area contributed by atoms with Gasteiger partial charge in [0.2, 0.25) is 0 Å². The molecule has 0 bridgehead atoms. The van der Waals surface area contributed by atoms with Crippen molar-refractivity contribution in [2.24, 2.45) is 0 Å². The van der Waals surface area contributed by atoms with Crippen LogP contribution in [0.2, 0.25) is 0 Å². The molecule has 1 fully saturated rings. The predicted octanol–water partition coefficient (Wildman–Crippen LogP) is 5.78. The van der Waals surface area contributed by atoms with Crippen LogP contribution in [0, 0.1) is 0 Å². The summed E-state index contributed by atoms with van der Waals surface area (Å²) in [6, 6.07) is 26.4. The van der Waals surface area contributed by atoms with E-state index in [1.54, 1.807) is 0 Å². The van der Waals surface area contributed by atoms with Crippen LogP contribution in [0.3, 0.4) is 0 Å². The number of hydrogen-bond acceptors (Lipinski definition) is 4. The van der Waals surface area contributed by atoms with Gasteiger partial charge in [-0.25, -0.2) is 0 Å². The Bertz CT molecular complexity index is 874. The number of ether oxygens (including phenoxy) is 3. The zero-order valence-electron chi connectivity index (χ0n) is 16.6. The van der Waals surface area contributed by atoms with Gasteiger partial charge in [0.05, 0.1) is 6.61 Å². The van der Waals surface area contributed by atoms with Crippen LogP contribution in [0.1, 0.15) is 30.4 Å². The van der Waals surface area contributed by atoms with Crippen LogP contribution in [0.4, 0.5) is 5.69 Å². The molecule has 1 aliphatic heterocycles. The second-order valence-electron chi connectivity index (χ2n) is 7.21. The molecule has 0 radical (unpaired) electrons. The lowest BCUT2D eigenvalue weighted by atomic mass is 10.2. The highest BCUT2D eigenvalue weighted by Crippen LogP contribution is 2.22. The number of rotatable bonds is 8. The lowest BCUT2D eigenvalue weighted by Gasteiger charge is -2.23. The van der Waals surface area contributed by atoms with Crippen LogP contribution in [-0.2, 0) is 17.9 Å². The molecule has 1 atom stereocenters. The molecule has 0 spiro atoms. The molecular weight excluding hydrogens is 362 g/mol. The highest BCUT2D eigenvalue weighted by molar-refractivity contribution is 5.47. The van der Waals surface area contributed by atoms with Crippen LogP contribution in [0.5, 0.6) is 11.5 Å². The third-order valence-corrected chi connectivity index (χ3v) is 4.90. The fourth-order valence-electron chi connectivity index (χ4n) is 3.30. The second kappa shape index (κ2) is 9.99. The van der Waals surface area contributed by atoms with Gasteiger partial charge >= 0.3 is 0 Å². The van der Waals surface area contributed by atoms with Crippen molar-refractivity contribution >= 4 is 5.69 Å². The molecule has 1 unspecified atom stereocenters. The third-order valence-electron chi connectivity index (χ3n) is 4.90. The zero-order chi connectivity index (χ0) is 19.7. The fraction of sp³-hybridized carbons (Fsp3) is 0.280. The van der Waals surface area contributed by atoms with Gasteiger partial charge in [0.1, 0.15) is 18.1 Å². The number of nitrogens with one attached hydrogen (secondary N) is 1. The van der Waals surface area contributed by atoms with E-state index in [-0.39, 0.29) is 6.29 Å². The summed E-state index contributed by atoms with van der Waals surface area (Å²) < 4.78 is 17.5. The third kappa shape index (κ3) is 6.00. The van der Waals surface area contributed by atoms with Gasteiger partial charge in [0.15, 0.2) is 6.29 Å². The molecule has 0 aromatic heterocycles. The molecular formula is C25H27NO3. The SMILES string of the molecule is c1ccc(COc2ccc(NCc3cccc(OC4CCCCO4)c3)cc2)cc1. The molecule has 4 heteroatoms. The molecule has 150 valence electrons. The molecule has 0 amide bonds. The quantitative estimate of drug-likeness (QED) is 0.530. The lowest BCUT2D eigenvalue weighted by Crippen LogP contribution is -2.25. The summed E-state index contributed by atoms with van der Waals surface area (Å²) in [4.78, 5) is 0. The van der Waals surface area contributed by atoms with E-state index in [2.05, 4.69) is 29.6 Å². The highest BCUT2D eigenvalue weighted by Gasteiger charge is 2.15. The molecule has 3 aromatic carbocycles. The molecule has 1 N–H and O–H groups in total. The van der Waals surface area contributed by atoms with Gasteiger partial charge in [-0.2, -0.15) is 0 Å². The fourth-order valence-corrected chi connectivity index (χ4v) is 3.30. The average molecular weight is 389 g/mol. The van der Waals surface area contributed by atoms with E-state index >= 15 is 0 Å². The summed E-state index contributed by atoms with van der Waals surface area (Å²) >= 11 is 0. The largest absolute Gasteiger partial charge is 0.489 e. The Hall–Kier alpha value is -2.98. The summed E-state index contributed by atoms with van der Waals surface area (Å²) in [5.41, 5.74) is 3.39.